The number of aromatic nitrogens is 2. The summed E-state index contributed by atoms with van der Waals surface area (Å²) in [6.07, 6.45) is 6.56. The van der Waals surface area contributed by atoms with E-state index < -0.39 is 0 Å². The van der Waals surface area contributed by atoms with Crippen LogP contribution in [0.2, 0.25) is 0 Å². The molecule has 8 nitrogen and oxygen atoms in total. The number of pyridine rings is 2. The third-order valence-corrected chi connectivity index (χ3v) is 8.86. The molecule has 2 saturated heterocycles. The van der Waals surface area contributed by atoms with Crippen molar-refractivity contribution in [3.8, 4) is 16.9 Å². The zero-order valence-corrected chi connectivity index (χ0v) is 23.0. The van der Waals surface area contributed by atoms with Gasteiger partial charge in [0.1, 0.15) is 11.6 Å². The van der Waals surface area contributed by atoms with Gasteiger partial charge in [-0.2, -0.15) is 0 Å². The van der Waals surface area contributed by atoms with Crippen LogP contribution in [0.15, 0.2) is 65.7 Å². The topological polar surface area (TPSA) is 80.2 Å². The van der Waals surface area contributed by atoms with Crippen molar-refractivity contribution in [2.75, 3.05) is 38.3 Å². The molecular formula is C30H32N4O4S. The number of aryl methyl sites for hydroxylation is 1. The zero-order valence-electron chi connectivity index (χ0n) is 22.2. The van der Waals surface area contributed by atoms with Crippen molar-refractivity contribution >= 4 is 33.1 Å². The highest BCUT2D eigenvalue weighted by Gasteiger charge is 2.32. The van der Waals surface area contributed by atoms with Crippen molar-refractivity contribution in [1.82, 2.24) is 14.5 Å². The Kier molecular flexibility index (Phi) is 7.10. The molecule has 2 aliphatic rings. The van der Waals surface area contributed by atoms with Crippen LogP contribution >= 0.6 is 11.3 Å². The molecule has 39 heavy (non-hydrogen) atoms. The largest absolute Gasteiger partial charge is 0.496 e. The van der Waals surface area contributed by atoms with E-state index in [0.29, 0.717) is 11.4 Å². The average molecular weight is 545 g/mol. The van der Waals surface area contributed by atoms with Crippen LogP contribution in [0.5, 0.6) is 5.75 Å². The molecule has 1 unspecified atom stereocenters. The Labute approximate surface area is 231 Å². The number of methoxy groups -OCH3 is 1. The Hall–Kier alpha value is -3.69. The van der Waals surface area contributed by atoms with E-state index in [0.717, 1.165) is 71.7 Å². The SMILES string of the molecule is COc1ccc(-c2ccc(=O)n(C)c2)c2sc(C(=O)N(CCC3CO3)C3CCN(c4ccccn4)CC3)cc12. The minimum absolute atomic E-state index is 0.0570. The van der Waals surface area contributed by atoms with E-state index in [9.17, 15) is 9.59 Å². The molecule has 1 atom stereocenters. The quantitative estimate of drug-likeness (QED) is 0.303. The number of benzene rings is 1. The number of carbonyl (C=O) groups excluding carboxylic acids is 1. The number of hydrogen-bond acceptors (Lipinski definition) is 7. The lowest BCUT2D eigenvalue weighted by molar-refractivity contribution is 0.0647. The molecule has 0 N–H and O–H groups in total. The van der Waals surface area contributed by atoms with E-state index in [-0.39, 0.29) is 23.6 Å². The number of rotatable bonds is 8. The van der Waals surface area contributed by atoms with Crippen molar-refractivity contribution in [3.05, 3.63) is 76.2 Å². The van der Waals surface area contributed by atoms with Crippen LogP contribution < -0.4 is 15.2 Å². The third-order valence-electron chi connectivity index (χ3n) is 7.70. The van der Waals surface area contributed by atoms with E-state index in [1.54, 1.807) is 24.8 Å². The molecule has 1 aromatic carbocycles. The maximum Gasteiger partial charge on any atom is 0.264 e. The Morgan fingerprint density at radius 1 is 1.18 bits per heavy atom. The standard InChI is InChI=1S/C30H32N4O4S/c1-32-18-20(6-9-28(32)35)23-7-8-25(37-2)24-17-26(39-29(23)24)30(36)34(16-12-22-19-38-22)21-10-14-33(15-11-21)27-5-3-4-13-31-27/h3-9,13,17-18,21-22H,10-12,14-16,19H2,1-2H3. The summed E-state index contributed by atoms with van der Waals surface area (Å²) in [5, 5.41) is 0.910. The van der Waals surface area contributed by atoms with Crippen molar-refractivity contribution in [3.63, 3.8) is 0 Å². The highest BCUT2D eigenvalue weighted by atomic mass is 32.1. The normalized spacial score (nSPS) is 17.4. The van der Waals surface area contributed by atoms with Crippen molar-refractivity contribution in [2.24, 2.45) is 7.05 Å². The first-order chi connectivity index (χ1) is 19.0. The molecule has 0 saturated carbocycles. The van der Waals surface area contributed by atoms with Crippen LogP contribution in [0, 0.1) is 0 Å². The van der Waals surface area contributed by atoms with Gasteiger partial charge in [-0.15, -0.1) is 11.3 Å². The summed E-state index contributed by atoms with van der Waals surface area (Å²) in [5.74, 6) is 1.78. The van der Waals surface area contributed by atoms with Gasteiger partial charge in [0.05, 0.1) is 24.7 Å². The maximum absolute atomic E-state index is 14.1. The molecule has 1 amide bonds. The monoisotopic (exact) mass is 544 g/mol. The Morgan fingerprint density at radius 2 is 2.00 bits per heavy atom. The van der Waals surface area contributed by atoms with Gasteiger partial charge in [0.15, 0.2) is 0 Å². The highest BCUT2D eigenvalue weighted by molar-refractivity contribution is 7.21. The minimum atomic E-state index is -0.0603. The highest BCUT2D eigenvalue weighted by Crippen LogP contribution is 2.40. The fourth-order valence-corrected chi connectivity index (χ4v) is 6.59. The van der Waals surface area contributed by atoms with Gasteiger partial charge in [0.25, 0.3) is 5.91 Å². The van der Waals surface area contributed by atoms with Crippen molar-refractivity contribution in [2.45, 2.75) is 31.4 Å². The van der Waals surface area contributed by atoms with E-state index in [4.69, 9.17) is 9.47 Å². The molecule has 2 fully saturated rings. The smallest absolute Gasteiger partial charge is 0.264 e. The van der Waals surface area contributed by atoms with Crippen molar-refractivity contribution < 1.29 is 14.3 Å². The summed E-state index contributed by atoms with van der Waals surface area (Å²) in [7, 11) is 3.40. The fourth-order valence-electron chi connectivity index (χ4n) is 5.42. The second-order valence-electron chi connectivity index (χ2n) is 10.2. The molecule has 0 spiro atoms. The van der Waals surface area contributed by atoms with Crippen LogP contribution in [0.25, 0.3) is 21.2 Å². The van der Waals surface area contributed by atoms with Gasteiger partial charge >= 0.3 is 0 Å². The first-order valence-corrected chi connectivity index (χ1v) is 14.2. The number of ether oxygens (including phenoxy) is 2. The lowest BCUT2D eigenvalue weighted by Gasteiger charge is -2.39. The number of thiophene rings is 1. The molecule has 4 aromatic rings. The zero-order chi connectivity index (χ0) is 26.9. The molecule has 0 radical (unpaired) electrons. The van der Waals surface area contributed by atoms with E-state index >= 15 is 0 Å². The van der Waals surface area contributed by atoms with Crippen LogP contribution in [0.4, 0.5) is 5.82 Å². The Morgan fingerprint density at radius 3 is 2.69 bits per heavy atom. The molecule has 3 aromatic heterocycles. The van der Waals surface area contributed by atoms with Gasteiger partial charge in [0, 0.05) is 66.8 Å². The Bertz CT molecular complexity index is 1540. The number of anilines is 1. The number of amides is 1. The molecule has 202 valence electrons. The number of epoxide rings is 1. The number of nitrogens with zero attached hydrogens (tertiary/aromatic N) is 4. The average Bonchev–Trinajstić information content (AvgIpc) is 3.69. The molecule has 0 bridgehead atoms. The van der Waals surface area contributed by atoms with E-state index in [2.05, 4.69) is 14.8 Å². The number of fused-ring (bicyclic) bond motifs is 1. The number of piperidine rings is 1. The summed E-state index contributed by atoms with van der Waals surface area (Å²) in [5.41, 5.74) is 1.84. The fraction of sp³-hybridized carbons (Fsp3) is 0.367. The first-order valence-electron chi connectivity index (χ1n) is 13.4. The van der Waals surface area contributed by atoms with Crippen molar-refractivity contribution in [1.29, 1.82) is 0 Å². The van der Waals surface area contributed by atoms with Crippen LogP contribution in [-0.4, -0.2) is 65.9 Å². The predicted molar refractivity (Wildman–Crippen MR) is 154 cm³/mol. The van der Waals surface area contributed by atoms with Gasteiger partial charge in [-0.1, -0.05) is 6.07 Å². The summed E-state index contributed by atoms with van der Waals surface area (Å²) < 4.78 is 13.7. The van der Waals surface area contributed by atoms with E-state index in [1.807, 2.05) is 54.9 Å². The van der Waals surface area contributed by atoms with Crippen LogP contribution in [0.1, 0.15) is 28.9 Å². The number of carbonyl (C=O) groups is 1. The Balaban J connectivity index is 1.30. The summed E-state index contributed by atoms with van der Waals surface area (Å²) in [6.45, 7) is 3.19. The van der Waals surface area contributed by atoms with Gasteiger partial charge < -0.3 is 23.8 Å². The molecular weight excluding hydrogens is 512 g/mol. The summed E-state index contributed by atoms with van der Waals surface area (Å²) in [4.78, 5) is 35.7. The second-order valence-corrected chi connectivity index (χ2v) is 11.2. The first kappa shape index (κ1) is 25.6. The molecule has 2 aliphatic heterocycles. The van der Waals surface area contributed by atoms with Crippen LogP contribution in [0.3, 0.4) is 0 Å². The minimum Gasteiger partial charge on any atom is -0.496 e. The van der Waals surface area contributed by atoms with Gasteiger partial charge in [0.2, 0.25) is 5.56 Å². The van der Waals surface area contributed by atoms with Gasteiger partial charge in [-0.25, -0.2) is 4.98 Å². The predicted octanol–water partition coefficient (Wildman–Crippen LogP) is 4.57. The lowest BCUT2D eigenvalue weighted by Crippen LogP contribution is -2.48. The molecule has 9 heteroatoms. The number of hydrogen-bond donors (Lipinski definition) is 0. The van der Waals surface area contributed by atoms with Gasteiger partial charge in [-0.05, 0) is 61.2 Å². The van der Waals surface area contributed by atoms with Gasteiger partial charge in [-0.3, -0.25) is 9.59 Å². The summed E-state index contributed by atoms with van der Waals surface area (Å²) >= 11 is 1.50. The lowest BCUT2D eigenvalue weighted by atomic mass is 10.0. The molecule has 5 heterocycles. The maximum atomic E-state index is 14.1. The molecule has 0 aliphatic carbocycles. The summed E-state index contributed by atoms with van der Waals surface area (Å²) in [6, 6.07) is 15.5. The molecule has 6 rings (SSSR count). The third kappa shape index (κ3) is 5.29. The van der Waals surface area contributed by atoms with Crippen LogP contribution in [-0.2, 0) is 11.8 Å². The van der Waals surface area contributed by atoms with E-state index in [1.165, 1.54) is 11.3 Å². The second kappa shape index (κ2) is 10.8.